The van der Waals surface area contributed by atoms with Crippen molar-refractivity contribution in [2.75, 3.05) is 6.54 Å². The molecule has 5 nitrogen and oxygen atoms in total. The number of benzene rings is 2. The lowest BCUT2D eigenvalue weighted by Gasteiger charge is -2.26. The van der Waals surface area contributed by atoms with Crippen LogP contribution in [0.5, 0.6) is 0 Å². The van der Waals surface area contributed by atoms with Crippen molar-refractivity contribution in [3.05, 3.63) is 77.4 Å². The minimum Gasteiger partial charge on any atom is -0.507 e. The van der Waals surface area contributed by atoms with E-state index in [1.54, 1.807) is 31.2 Å². The molecule has 3 N–H and O–H groups in total. The summed E-state index contributed by atoms with van der Waals surface area (Å²) in [6.07, 6.45) is 0. The van der Waals surface area contributed by atoms with Crippen molar-refractivity contribution < 1.29 is 14.7 Å². The molecule has 0 radical (unpaired) electrons. The van der Waals surface area contributed by atoms with Crippen molar-refractivity contribution in [3.8, 4) is 0 Å². The Hall–Kier alpha value is -2.92. The summed E-state index contributed by atoms with van der Waals surface area (Å²) >= 11 is 0. The molecule has 1 heterocycles. The van der Waals surface area contributed by atoms with E-state index < -0.39 is 17.7 Å². The van der Waals surface area contributed by atoms with Crippen LogP contribution in [0.4, 0.5) is 0 Å². The minimum atomic E-state index is -0.684. The van der Waals surface area contributed by atoms with Crippen LogP contribution in [0.3, 0.4) is 0 Å². The van der Waals surface area contributed by atoms with Crippen molar-refractivity contribution in [2.45, 2.75) is 19.0 Å². The molecule has 0 unspecified atom stereocenters. The van der Waals surface area contributed by atoms with Crippen LogP contribution in [0.1, 0.15) is 24.1 Å². The first-order chi connectivity index (χ1) is 12.0. The summed E-state index contributed by atoms with van der Waals surface area (Å²) in [5.74, 6) is -1.49. The lowest BCUT2D eigenvalue weighted by atomic mass is 9.95. The van der Waals surface area contributed by atoms with Gasteiger partial charge in [-0.05, 0) is 12.5 Å². The van der Waals surface area contributed by atoms with E-state index in [9.17, 15) is 14.7 Å². The topological polar surface area (TPSA) is 83.6 Å². The Bertz CT molecular complexity index is 813. The fourth-order valence-corrected chi connectivity index (χ4v) is 3.11. The lowest BCUT2D eigenvalue weighted by Crippen LogP contribution is -2.38. The zero-order valence-corrected chi connectivity index (χ0v) is 13.9. The van der Waals surface area contributed by atoms with Crippen LogP contribution < -0.4 is 5.73 Å². The highest BCUT2D eigenvalue weighted by Crippen LogP contribution is 2.39. The van der Waals surface area contributed by atoms with Gasteiger partial charge in [-0.3, -0.25) is 9.59 Å². The maximum absolute atomic E-state index is 12.6. The number of likely N-dealkylation sites (tertiary alicyclic amines) is 1. The fourth-order valence-electron chi connectivity index (χ4n) is 3.11. The van der Waals surface area contributed by atoms with Crippen LogP contribution >= 0.6 is 0 Å². The lowest BCUT2D eigenvalue weighted by molar-refractivity contribution is -0.140. The van der Waals surface area contributed by atoms with Gasteiger partial charge in [0.1, 0.15) is 5.76 Å². The average Bonchev–Trinajstić information content (AvgIpc) is 2.87. The van der Waals surface area contributed by atoms with Gasteiger partial charge in [-0.15, -0.1) is 0 Å². The number of nitrogens with zero attached hydrogens (tertiary/aromatic N) is 1. The Kier molecular flexibility index (Phi) is 4.67. The van der Waals surface area contributed by atoms with Gasteiger partial charge in [0.25, 0.3) is 11.7 Å². The molecule has 1 aliphatic rings. The van der Waals surface area contributed by atoms with Crippen LogP contribution in [0.2, 0.25) is 0 Å². The van der Waals surface area contributed by atoms with Gasteiger partial charge in [0.15, 0.2) is 0 Å². The summed E-state index contributed by atoms with van der Waals surface area (Å²) in [4.78, 5) is 26.6. The summed E-state index contributed by atoms with van der Waals surface area (Å²) in [5, 5.41) is 10.7. The highest BCUT2D eigenvalue weighted by molar-refractivity contribution is 6.46. The first-order valence-electron chi connectivity index (χ1n) is 8.15. The molecule has 5 heteroatoms. The van der Waals surface area contributed by atoms with Gasteiger partial charge in [0.2, 0.25) is 0 Å². The number of Topliss-reactive ketones (excluding diaryl/α,β-unsaturated/α-hetero) is 1. The first-order valence-corrected chi connectivity index (χ1v) is 8.15. The van der Waals surface area contributed by atoms with Crippen molar-refractivity contribution in [2.24, 2.45) is 5.73 Å². The number of ketones is 1. The number of hydrogen-bond donors (Lipinski definition) is 2. The van der Waals surface area contributed by atoms with E-state index in [-0.39, 0.29) is 23.9 Å². The summed E-state index contributed by atoms with van der Waals surface area (Å²) in [6, 6.07) is 17.0. The van der Waals surface area contributed by atoms with Gasteiger partial charge in [0, 0.05) is 18.2 Å². The third-order valence-electron chi connectivity index (χ3n) is 4.19. The third-order valence-corrected chi connectivity index (χ3v) is 4.19. The molecule has 0 aromatic heterocycles. The number of nitrogens with two attached hydrogens (primary N) is 1. The molecule has 2 aromatic rings. The number of aliphatic hydroxyl groups excluding tert-OH is 1. The fraction of sp³-hybridized carbons (Fsp3) is 0.200. The number of carbonyl (C=O) groups is 2. The van der Waals surface area contributed by atoms with Gasteiger partial charge < -0.3 is 15.7 Å². The molecule has 0 bridgehead atoms. The maximum Gasteiger partial charge on any atom is 0.295 e. The quantitative estimate of drug-likeness (QED) is 0.510. The van der Waals surface area contributed by atoms with E-state index in [4.69, 9.17) is 5.73 Å². The van der Waals surface area contributed by atoms with Crippen LogP contribution in [-0.4, -0.2) is 34.3 Å². The Balaban J connectivity index is 2.18. The summed E-state index contributed by atoms with van der Waals surface area (Å²) in [6.45, 7) is 2.01. The molecule has 1 aliphatic heterocycles. The molecule has 1 amide bonds. The Labute approximate surface area is 146 Å². The Morgan fingerprint density at radius 2 is 1.64 bits per heavy atom. The normalized spacial score (nSPS) is 20.7. The van der Waals surface area contributed by atoms with Crippen molar-refractivity contribution in [3.63, 3.8) is 0 Å². The summed E-state index contributed by atoms with van der Waals surface area (Å²) in [7, 11) is 0. The van der Waals surface area contributed by atoms with Crippen molar-refractivity contribution >= 4 is 17.4 Å². The molecular weight excluding hydrogens is 316 g/mol. The van der Waals surface area contributed by atoms with Crippen LogP contribution in [0.15, 0.2) is 66.2 Å². The highest BCUT2D eigenvalue weighted by Gasteiger charge is 2.46. The van der Waals surface area contributed by atoms with Crippen molar-refractivity contribution in [1.82, 2.24) is 4.90 Å². The number of aliphatic hydroxyl groups is 1. The third kappa shape index (κ3) is 3.19. The SMILES string of the molecule is C[C@H](N)CN1C(=O)C(=O)C(=C(O)c2ccccc2)[C@H]1c1ccccc1. The number of carbonyl (C=O) groups excluding carboxylic acids is 2. The van der Waals surface area contributed by atoms with Gasteiger partial charge in [-0.1, -0.05) is 60.7 Å². The molecule has 25 heavy (non-hydrogen) atoms. The predicted octanol–water partition coefficient (Wildman–Crippen LogP) is 2.46. The summed E-state index contributed by atoms with van der Waals surface area (Å²) < 4.78 is 0. The molecular formula is C20H20N2O3. The van der Waals surface area contributed by atoms with Gasteiger partial charge >= 0.3 is 0 Å². The van der Waals surface area contributed by atoms with E-state index in [1.165, 1.54) is 4.90 Å². The van der Waals surface area contributed by atoms with Crippen LogP contribution in [0, 0.1) is 0 Å². The Morgan fingerprint density at radius 3 is 2.20 bits per heavy atom. The second-order valence-corrected chi connectivity index (χ2v) is 6.21. The zero-order valence-electron chi connectivity index (χ0n) is 13.9. The van der Waals surface area contributed by atoms with E-state index in [0.29, 0.717) is 5.56 Å². The molecule has 0 saturated carbocycles. The highest BCUT2D eigenvalue weighted by atomic mass is 16.3. The zero-order chi connectivity index (χ0) is 18.0. The number of hydrogen-bond acceptors (Lipinski definition) is 4. The van der Waals surface area contributed by atoms with E-state index in [2.05, 4.69) is 0 Å². The molecule has 0 spiro atoms. The monoisotopic (exact) mass is 336 g/mol. The predicted molar refractivity (Wildman–Crippen MR) is 95.5 cm³/mol. The second kappa shape index (κ2) is 6.91. The molecule has 1 saturated heterocycles. The molecule has 0 aliphatic carbocycles. The van der Waals surface area contributed by atoms with Crippen LogP contribution in [0.25, 0.3) is 5.76 Å². The van der Waals surface area contributed by atoms with Gasteiger partial charge in [-0.2, -0.15) is 0 Å². The average molecular weight is 336 g/mol. The van der Waals surface area contributed by atoms with E-state index >= 15 is 0 Å². The number of rotatable bonds is 4. The van der Waals surface area contributed by atoms with Crippen LogP contribution in [-0.2, 0) is 9.59 Å². The molecule has 128 valence electrons. The maximum atomic E-state index is 12.6. The van der Waals surface area contributed by atoms with E-state index in [1.807, 2.05) is 36.4 Å². The molecule has 2 aromatic carbocycles. The molecule has 1 fully saturated rings. The number of amides is 1. The smallest absolute Gasteiger partial charge is 0.295 e. The Morgan fingerprint density at radius 1 is 1.08 bits per heavy atom. The summed E-state index contributed by atoms with van der Waals surface area (Å²) in [5.41, 5.74) is 7.23. The van der Waals surface area contributed by atoms with Gasteiger partial charge in [0.05, 0.1) is 11.6 Å². The molecule has 2 atom stereocenters. The van der Waals surface area contributed by atoms with Crippen molar-refractivity contribution in [1.29, 1.82) is 0 Å². The standard InChI is InChI=1S/C20H20N2O3/c1-13(21)12-22-17(14-8-4-2-5-9-14)16(19(24)20(22)25)18(23)15-10-6-3-7-11-15/h2-11,13,17,23H,12,21H2,1H3/t13-,17+/m0/s1. The first kappa shape index (κ1) is 16.9. The second-order valence-electron chi connectivity index (χ2n) is 6.21. The van der Waals surface area contributed by atoms with E-state index in [0.717, 1.165) is 5.56 Å². The molecule has 3 rings (SSSR count). The van der Waals surface area contributed by atoms with Gasteiger partial charge in [-0.25, -0.2) is 0 Å². The minimum absolute atomic E-state index is 0.100. The largest absolute Gasteiger partial charge is 0.507 e.